The molecular formula is C16H17BrClNO. The number of aryl methyl sites for hydroxylation is 1. The monoisotopic (exact) mass is 353 g/mol. The van der Waals surface area contributed by atoms with Crippen LogP contribution in [0.15, 0.2) is 40.9 Å². The highest BCUT2D eigenvalue weighted by Crippen LogP contribution is 2.32. The molecule has 0 aliphatic carbocycles. The highest BCUT2D eigenvalue weighted by Gasteiger charge is 2.16. The van der Waals surface area contributed by atoms with Gasteiger partial charge in [-0.15, -0.1) is 0 Å². The van der Waals surface area contributed by atoms with Crippen LogP contribution in [0, 0.1) is 6.92 Å². The molecule has 0 aliphatic heterocycles. The van der Waals surface area contributed by atoms with Crippen molar-refractivity contribution >= 4 is 27.5 Å². The number of hydrogen-bond donors (Lipinski definition) is 1. The van der Waals surface area contributed by atoms with Crippen molar-refractivity contribution in [1.82, 2.24) is 5.32 Å². The quantitative estimate of drug-likeness (QED) is 0.857. The summed E-state index contributed by atoms with van der Waals surface area (Å²) in [6, 6.07) is 12.1. The summed E-state index contributed by atoms with van der Waals surface area (Å²) in [6.45, 7) is 2.08. The number of rotatable bonds is 4. The molecule has 2 nitrogen and oxygen atoms in total. The van der Waals surface area contributed by atoms with Crippen LogP contribution in [0.4, 0.5) is 0 Å². The van der Waals surface area contributed by atoms with Crippen LogP contribution < -0.4 is 10.1 Å². The Morgan fingerprint density at radius 2 is 1.95 bits per heavy atom. The molecule has 0 spiro atoms. The summed E-state index contributed by atoms with van der Waals surface area (Å²) in [4.78, 5) is 0. The summed E-state index contributed by atoms with van der Waals surface area (Å²) in [5.74, 6) is 0.764. The van der Waals surface area contributed by atoms with E-state index in [1.54, 1.807) is 7.11 Å². The summed E-state index contributed by atoms with van der Waals surface area (Å²) in [5, 5.41) is 4.02. The average Bonchev–Trinajstić information content (AvgIpc) is 2.45. The molecule has 4 heteroatoms. The number of halogens is 2. The number of ether oxygens (including phenoxy) is 1. The summed E-state index contributed by atoms with van der Waals surface area (Å²) in [7, 11) is 3.57. The van der Waals surface area contributed by atoms with Crippen LogP contribution in [0.2, 0.25) is 5.02 Å². The minimum atomic E-state index is 0.0557. The molecular weight excluding hydrogens is 338 g/mol. The smallest absolute Gasteiger partial charge is 0.120 e. The van der Waals surface area contributed by atoms with E-state index in [0.717, 1.165) is 15.8 Å². The standard InChI is InChI=1S/C16H17BrClNO/c1-10-8-11(4-7-14(10)17)16(19-2)13-6-5-12(20-3)9-15(13)18/h4-9,16,19H,1-3H3. The highest BCUT2D eigenvalue weighted by molar-refractivity contribution is 9.10. The summed E-state index contributed by atoms with van der Waals surface area (Å²) in [5.41, 5.74) is 3.42. The molecule has 2 aromatic carbocycles. The SMILES string of the molecule is CNC(c1ccc(Br)c(C)c1)c1ccc(OC)cc1Cl. The van der Waals surface area contributed by atoms with Crippen molar-refractivity contribution in [3.8, 4) is 5.75 Å². The molecule has 1 atom stereocenters. The zero-order valence-electron chi connectivity index (χ0n) is 11.7. The normalized spacial score (nSPS) is 12.2. The van der Waals surface area contributed by atoms with Gasteiger partial charge in [0.2, 0.25) is 0 Å². The predicted octanol–water partition coefficient (Wildman–Crippen LogP) is 4.73. The first-order valence-electron chi connectivity index (χ1n) is 6.33. The van der Waals surface area contributed by atoms with E-state index in [2.05, 4.69) is 46.4 Å². The molecule has 0 saturated carbocycles. The Kier molecular flexibility index (Phi) is 5.08. The van der Waals surface area contributed by atoms with Gasteiger partial charge in [0, 0.05) is 9.50 Å². The van der Waals surface area contributed by atoms with E-state index >= 15 is 0 Å². The van der Waals surface area contributed by atoms with Gasteiger partial charge in [0.05, 0.1) is 13.2 Å². The summed E-state index contributed by atoms with van der Waals surface area (Å²) < 4.78 is 6.30. The Hall–Kier alpha value is -1.03. The van der Waals surface area contributed by atoms with Gasteiger partial charge in [-0.05, 0) is 48.9 Å². The second-order valence-corrected chi connectivity index (χ2v) is 5.88. The van der Waals surface area contributed by atoms with Crippen LogP contribution in [0.5, 0.6) is 5.75 Å². The first kappa shape index (κ1) is 15.4. The van der Waals surface area contributed by atoms with E-state index in [-0.39, 0.29) is 6.04 Å². The Morgan fingerprint density at radius 3 is 2.50 bits per heavy atom. The molecule has 0 saturated heterocycles. The van der Waals surface area contributed by atoms with Crippen LogP contribution >= 0.6 is 27.5 Å². The lowest BCUT2D eigenvalue weighted by atomic mass is 9.97. The van der Waals surface area contributed by atoms with Crippen molar-refractivity contribution in [2.24, 2.45) is 0 Å². The topological polar surface area (TPSA) is 21.3 Å². The van der Waals surface area contributed by atoms with Gasteiger partial charge >= 0.3 is 0 Å². The fourth-order valence-electron chi connectivity index (χ4n) is 2.22. The van der Waals surface area contributed by atoms with Gasteiger partial charge in [0.25, 0.3) is 0 Å². The van der Waals surface area contributed by atoms with Gasteiger partial charge in [-0.1, -0.05) is 45.7 Å². The summed E-state index contributed by atoms with van der Waals surface area (Å²) in [6.07, 6.45) is 0. The average molecular weight is 355 g/mol. The molecule has 0 heterocycles. The Labute approximate surface area is 133 Å². The van der Waals surface area contributed by atoms with E-state index < -0.39 is 0 Å². The van der Waals surface area contributed by atoms with E-state index in [9.17, 15) is 0 Å². The zero-order chi connectivity index (χ0) is 14.7. The van der Waals surface area contributed by atoms with Crippen molar-refractivity contribution in [2.75, 3.05) is 14.2 Å². The van der Waals surface area contributed by atoms with Crippen LogP contribution in [0.1, 0.15) is 22.7 Å². The van der Waals surface area contributed by atoms with Crippen molar-refractivity contribution in [1.29, 1.82) is 0 Å². The molecule has 2 aromatic rings. The van der Waals surface area contributed by atoms with Crippen LogP contribution in [-0.4, -0.2) is 14.2 Å². The molecule has 1 unspecified atom stereocenters. The second kappa shape index (κ2) is 6.61. The lowest BCUT2D eigenvalue weighted by molar-refractivity contribution is 0.414. The number of hydrogen-bond acceptors (Lipinski definition) is 2. The van der Waals surface area contributed by atoms with Crippen LogP contribution in [-0.2, 0) is 0 Å². The molecule has 1 N–H and O–H groups in total. The lowest BCUT2D eigenvalue weighted by Gasteiger charge is -2.20. The third-order valence-corrected chi connectivity index (χ3v) is 4.54. The van der Waals surface area contributed by atoms with E-state index in [1.165, 1.54) is 11.1 Å². The number of methoxy groups -OCH3 is 1. The van der Waals surface area contributed by atoms with Gasteiger partial charge in [-0.25, -0.2) is 0 Å². The Bertz CT molecular complexity index is 615. The molecule has 0 fully saturated rings. The van der Waals surface area contributed by atoms with E-state index in [0.29, 0.717) is 5.02 Å². The third kappa shape index (κ3) is 3.17. The Morgan fingerprint density at radius 1 is 1.20 bits per heavy atom. The molecule has 2 rings (SSSR count). The first-order valence-corrected chi connectivity index (χ1v) is 7.50. The zero-order valence-corrected chi connectivity index (χ0v) is 14.0. The van der Waals surface area contributed by atoms with Crippen molar-refractivity contribution in [3.63, 3.8) is 0 Å². The minimum Gasteiger partial charge on any atom is -0.497 e. The lowest BCUT2D eigenvalue weighted by Crippen LogP contribution is -2.18. The van der Waals surface area contributed by atoms with E-state index in [4.69, 9.17) is 16.3 Å². The predicted molar refractivity (Wildman–Crippen MR) is 87.8 cm³/mol. The van der Waals surface area contributed by atoms with Crippen LogP contribution in [0.3, 0.4) is 0 Å². The third-order valence-electron chi connectivity index (χ3n) is 3.32. The largest absolute Gasteiger partial charge is 0.497 e. The molecule has 0 radical (unpaired) electrons. The fraction of sp³-hybridized carbons (Fsp3) is 0.250. The van der Waals surface area contributed by atoms with Crippen LogP contribution in [0.25, 0.3) is 0 Å². The number of benzene rings is 2. The maximum absolute atomic E-state index is 6.37. The Balaban J connectivity index is 2.43. The molecule has 20 heavy (non-hydrogen) atoms. The van der Waals surface area contributed by atoms with Gasteiger partial charge in [-0.3, -0.25) is 0 Å². The van der Waals surface area contributed by atoms with Gasteiger partial charge in [0.15, 0.2) is 0 Å². The minimum absolute atomic E-state index is 0.0557. The molecule has 0 aromatic heterocycles. The van der Waals surface area contributed by atoms with E-state index in [1.807, 2.05) is 25.2 Å². The van der Waals surface area contributed by atoms with Crippen molar-refractivity contribution < 1.29 is 4.74 Å². The molecule has 0 amide bonds. The highest BCUT2D eigenvalue weighted by atomic mass is 79.9. The van der Waals surface area contributed by atoms with Gasteiger partial charge in [-0.2, -0.15) is 0 Å². The van der Waals surface area contributed by atoms with Crippen molar-refractivity contribution in [3.05, 3.63) is 62.6 Å². The molecule has 0 aliphatic rings. The molecule has 106 valence electrons. The first-order chi connectivity index (χ1) is 9.56. The molecule has 0 bridgehead atoms. The fourth-order valence-corrected chi connectivity index (χ4v) is 2.74. The van der Waals surface area contributed by atoms with Gasteiger partial charge < -0.3 is 10.1 Å². The summed E-state index contributed by atoms with van der Waals surface area (Å²) >= 11 is 9.90. The maximum atomic E-state index is 6.37. The second-order valence-electron chi connectivity index (χ2n) is 4.62. The maximum Gasteiger partial charge on any atom is 0.120 e. The number of nitrogens with one attached hydrogen (secondary N) is 1. The van der Waals surface area contributed by atoms with Gasteiger partial charge in [0.1, 0.15) is 5.75 Å². The van der Waals surface area contributed by atoms with Crippen molar-refractivity contribution in [2.45, 2.75) is 13.0 Å².